The van der Waals surface area contributed by atoms with E-state index >= 15 is 0 Å². The third kappa shape index (κ3) is 3.92. The highest BCUT2D eigenvalue weighted by molar-refractivity contribution is 6.30. The van der Waals surface area contributed by atoms with Gasteiger partial charge >= 0.3 is 0 Å². The molecule has 21 heavy (non-hydrogen) atoms. The number of nitrogens with zero attached hydrogens (tertiary/aromatic N) is 2. The van der Waals surface area contributed by atoms with Gasteiger partial charge in [0.25, 0.3) is 5.91 Å². The molecule has 0 radical (unpaired) electrons. The first-order valence-electron chi connectivity index (χ1n) is 6.63. The average molecular weight is 305 g/mol. The van der Waals surface area contributed by atoms with Crippen LogP contribution in [0.4, 0.5) is 0 Å². The van der Waals surface area contributed by atoms with Crippen LogP contribution in [0.25, 0.3) is 0 Å². The minimum Gasteiger partial charge on any atom is -0.282 e. The Kier molecular flexibility index (Phi) is 4.75. The number of hydrogen-bond donors (Lipinski definition) is 2. The van der Waals surface area contributed by atoms with Gasteiger partial charge in [0, 0.05) is 10.7 Å². The Morgan fingerprint density at radius 3 is 2.57 bits per heavy atom. The summed E-state index contributed by atoms with van der Waals surface area (Å²) in [6.45, 7) is 5.86. The van der Waals surface area contributed by atoms with Crippen LogP contribution in [0.15, 0.2) is 35.4 Å². The van der Waals surface area contributed by atoms with E-state index in [9.17, 15) is 4.79 Å². The molecular formula is C15H17ClN4O. The van der Waals surface area contributed by atoms with E-state index in [0.29, 0.717) is 22.3 Å². The maximum Gasteiger partial charge on any atom is 0.291 e. The minimum absolute atomic E-state index is 0.290. The summed E-state index contributed by atoms with van der Waals surface area (Å²) in [5.41, 5.74) is 5.33. The average Bonchev–Trinajstić information content (AvgIpc) is 2.95. The van der Waals surface area contributed by atoms with Gasteiger partial charge in [-0.25, -0.2) is 5.43 Å². The molecule has 1 amide bonds. The molecule has 6 heteroatoms. The zero-order valence-corrected chi connectivity index (χ0v) is 12.9. The molecule has 1 aromatic carbocycles. The van der Waals surface area contributed by atoms with Gasteiger partial charge in [0.2, 0.25) is 0 Å². The highest BCUT2D eigenvalue weighted by atomic mass is 35.5. The predicted molar refractivity (Wildman–Crippen MR) is 83.8 cm³/mol. The number of aromatic amines is 1. The van der Waals surface area contributed by atoms with Crippen LogP contribution < -0.4 is 5.43 Å². The largest absolute Gasteiger partial charge is 0.291 e. The summed E-state index contributed by atoms with van der Waals surface area (Å²) in [6.07, 6.45) is 0. The van der Waals surface area contributed by atoms with Gasteiger partial charge in [-0.05, 0) is 36.6 Å². The molecule has 2 rings (SSSR count). The summed E-state index contributed by atoms with van der Waals surface area (Å²) in [6, 6.07) is 8.98. The Balaban J connectivity index is 2.05. The van der Waals surface area contributed by atoms with Crippen molar-refractivity contribution in [2.45, 2.75) is 26.7 Å². The highest BCUT2D eigenvalue weighted by Gasteiger charge is 2.11. The van der Waals surface area contributed by atoms with Gasteiger partial charge in [0.1, 0.15) is 0 Å². The topological polar surface area (TPSA) is 70.1 Å². The van der Waals surface area contributed by atoms with Gasteiger partial charge in [-0.1, -0.05) is 37.6 Å². The number of benzene rings is 1. The standard InChI is InChI=1S/C15H17ClN4O/c1-9(2)13-8-14(19-18-13)15(21)20-17-10(3)11-4-6-12(16)7-5-11/h4-9H,1-3H3,(H,18,19)(H,20,21). The van der Waals surface area contributed by atoms with E-state index in [2.05, 4.69) is 20.7 Å². The number of halogens is 1. The molecular weight excluding hydrogens is 288 g/mol. The van der Waals surface area contributed by atoms with Crippen LogP contribution >= 0.6 is 11.6 Å². The third-order valence-electron chi connectivity index (χ3n) is 3.04. The molecule has 0 aliphatic carbocycles. The van der Waals surface area contributed by atoms with Crippen molar-refractivity contribution in [1.29, 1.82) is 0 Å². The molecule has 0 atom stereocenters. The second-order valence-corrected chi connectivity index (χ2v) is 5.44. The lowest BCUT2D eigenvalue weighted by Crippen LogP contribution is -2.19. The zero-order chi connectivity index (χ0) is 15.4. The van der Waals surface area contributed by atoms with Crippen LogP contribution in [-0.4, -0.2) is 21.8 Å². The molecule has 1 aromatic heterocycles. The molecule has 5 nitrogen and oxygen atoms in total. The molecule has 2 aromatic rings. The van der Waals surface area contributed by atoms with E-state index in [1.165, 1.54) is 0 Å². The quantitative estimate of drug-likeness (QED) is 0.672. The first-order chi connectivity index (χ1) is 9.97. The Bertz CT molecular complexity index is 659. The molecule has 0 bridgehead atoms. The lowest BCUT2D eigenvalue weighted by molar-refractivity contribution is 0.0950. The van der Waals surface area contributed by atoms with E-state index in [1.54, 1.807) is 18.2 Å². The highest BCUT2D eigenvalue weighted by Crippen LogP contribution is 2.12. The number of amides is 1. The summed E-state index contributed by atoms with van der Waals surface area (Å²) in [4.78, 5) is 11.9. The van der Waals surface area contributed by atoms with Crippen LogP contribution in [0.1, 0.15) is 48.4 Å². The molecule has 0 saturated carbocycles. The van der Waals surface area contributed by atoms with E-state index < -0.39 is 0 Å². The molecule has 110 valence electrons. The van der Waals surface area contributed by atoms with Crippen molar-refractivity contribution >= 4 is 23.2 Å². The Morgan fingerprint density at radius 1 is 1.33 bits per heavy atom. The van der Waals surface area contributed by atoms with Gasteiger partial charge in [0.15, 0.2) is 5.69 Å². The number of hydrogen-bond acceptors (Lipinski definition) is 3. The maximum absolute atomic E-state index is 11.9. The SMILES string of the molecule is CC(=NNC(=O)c1cc(C(C)C)[nH]n1)c1ccc(Cl)cc1. The van der Waals surface area contributed by atoms with Crippen LogP contribution in [0.5, 0.6) is 0 Å². The first-order valence-corrected chi connectivity index (χ1v) is 7.01. The van der Waals surface area contributed by atoms with Crippen LogP contribution in [0.2, 0.25) is 5.02 Å². The number of H-pyrrole nitrogens is 1. The fraction of sp³-hybridized carbons (Fsp3) is 0.267. The van der Waals surface area contributed by atoms with Gasteiger partial charge in [0.05, 0.1) is 5.71 Å². The molecule has 0 saturated heterocycles. The summed E-state index contributed by atoms with van der Waals surface area (Å²) < 4.78 is 0. The Hall–Kier alpha value is -2.14. The van der Waals surface area contributed by atoms with Crippen molar-refractivity contribution < 1.29 is 4.79 Å². The second-order valence-electron chi connectivity index (χ2n) is 5.01. The van der Waals surface area contributed by atoms with Gasteiger partial charge < -0.3 is 0 Å². The maximum atomic E-state index is 11.9. The van der Waals surface area contributed by atoms with E-state index in [-0.39, 0.29) is 5.91 Å². The number of rotatable bonds is 4. The van der Waals surface area contributed by atoms with Crippen LogP contribution in [-0.2, 0) is 0 Å². The number of carbonyl (C=O) groups is 1. The summed E-state index contributed by atoms with van der Waals surface area (Å²) in [7, 11) is 0. The third-order valence-corrected chi connectivity index (χ3v) is 3.29. The lowest BCUT2D eigenvalue weighted by Gasteiger charge is -2.01. The summed E-state index contributed by atoms with van der Waals surface area (Å²) >= 11 is 5.83. The lowest BCUT2D eigenvalue weighted by atomic mass is 10.1. The smallest absolute Gasteiger partial charge is 0.282 e. The molecule has 0 fully saturated rings. The minimum atomic E-state index is -0.341. The van der Waals surface area contributed by atoms with E-state index in [1.807, 2.05) is 32.9 Å². The number of carbonyl (C=O) groups excluding carboxylic acids is 1. The van der Waals surface area contributed by atoms with Gasteiger partial charge in [-0.2, -0.15) is 10.2 Å². The van der Waals surface area contributed by atoms with Crippen LogP contribution in [0, 0.1) is 0 Å². The Labute approximate surface area is 128 Å². The van der Waals surface area contributed by atoms with E-state index in [4.69, 9.17) is 11.6 Å². The number of aromatic nitrogens is 2. The van der Waals surface area contributed by atoms with Gasteiger partial charge in [-0.15, -0.1) is 0 Å². The molecule has 2 N–H and O–H groups in total. The fourth-order valence-electron chi connectivity index (χ4n) is 1.70. The molecule has 0 aliphatic heterocycles. The molecule has 1 heterocycles. The Morgan fingerprint density at radius 2 is 2.00 bits per heavy atom. The summed E-state index contributed by atoms with van der Waals surface area (Å²) in [5.74, 6) is -0.0511. The normalized spacial score (nSPS) is 11.8. The van der Waals surface area contributed by atoms with Crippen molar-refractivity contribution in [3.63, 3.8) is 0 Å². The van der Waals surface area contributed by atoms with Crippen LogP contribution in [0.3, 0.4) is 0 Å². The zero-order valence-electron chi connectivity index (χ0n) is 12.1. The molecule has 0 unspecified atom stereocenters. The van der Waals surface area contributed by atoms with E-state index in [0.717, 1.165) is 11.3 Å². The van der Waals surface area contributed by atoms with Crippen molar-refractivity contribution in [2.24, 2.45) is 5.10 Å². The molecule has 0 aliphatic rings. The van der Waals surface area contributed by atoms with Gasteiger partial charge in [-0.3, -0.25) is 9.89 Å². The summed E-state index contributed by atoms with van der Waals surface area (Å²) in [5, 5.41) is 11.5. The second kappa shape index (κ2) is 6.54. The first kappa shape index (κ1) is 15.3. The number of hydrazone groups is 1. The molecule has 0 spiro atoms. The monoisotopic (exact) mass is 304 g/mol. The predicted octanol–water partition coefficient (Wildman–Crippen LogP) is 3.34. The number of nitrogens with one attached hydrogen (secondary N) is 2. The van der Waals surface area contributed by atoms with Crippen molar-refractivity contribution in [2.75, 3.05) is 0 Å². The van der Waals surface area contributed by atoms with Crippen molar-refractivity contribution in [3.05, 3.63) is 52.3 Å². The van der Waals surface area contributed by atoms with Crippen molar-refractivity contribution in [3.8, 4) is 0 Å². The fourth-order valence-corrected chi connectivity index (χ4v) is 1.82. The van der Waals surface area contributed by atoms with Crippen molar-refractivity contribution in [1.82, 2.24) is 15.6 Å².